The van der Waals surface area contributed by atoms with Crippen LogP contribution in [0.3, 0.4) is 0 Å². The van der Waals surface area contributed by atoms with Crippen molar-refractivity contribution >= 4 is 23.1 Å². The molecule has 1 aliphatic heterocycles. The van der Waals surface area contributed by atoms with Gasteiger partial charge in [-0.15, -0.1) is 0 Å². The van der Waals surface area contributed by atoms with Crippen molar-refractivity contribution < 1.29 is 9.66 Å². The fourth-order valence-corrected chi connectivity index (χ4v) is 2.89. The first-order valence-corrected chi connectivity index (χ1v) is 8.03. The number of hydrogen-bond donors (Lipinski definition) is 0. The van der Waals surface area contributed by atoms with Gasteiger partial charge in [0.1, 0.15) is 17.7 Å². The number of piperidine rings is 1. The Bertz CT molecular complexity index is 822. The number of pyridine rings is 2. The zero-order valence-corrected chi connectivity index (χ0v) is 13.9. The van der Waals surface area contributed by atoms with E-state index in [1.807, 2.05) is 6.07 Å². The number of nitro groups is 1. The lowest BCUT2D eigenvalue weighted by Gasteiger charge is -2.33. The van der Waals surface area contributed by atoms with E-state index >= 15 is 0 Å². The van der Waals surface area contributed by atoms with Crippen LogP contribution in [0.15, 0.2) is 30.6 Å². The molecule has 0 aromatic carbocycles. The van der Waals surface area contributed by atoms with Gasteiger partial charge in [-0.1, -0.05) is 11.6 Å². The van der Waals surface area contributed by atoms with E-state index in [1.54, 1.807) is 17.0 Å². The Morgan fingerprint density at radius 2 is 2.24 bits per heavy atom. The van der Waals surface area contributed by atoms with E-state index in [4.69, 9.17) is 21.6 Å². The Morgan fingerprint density at radius 1 is 1.40 bits per heavy atom. The van der Waals surface area contributed by atoms with Crippen molar-refractivity contribution in [3.63, 3.8) is 0 Å². The Balaban J connectivity index is 1.81. The predicted octanol–water partition coefficient (Wildman–Crippen LogP) is 2.96. The maximum absolute atomic E-state index is 11.4. The average molecular weight is 360 g/mol. The number of nitrogens with zero attached hydrogens (tertiary/aromatic N) is 5. The average Bonchev–Trinajstić information content (AvgIpc) is 2.63. The lowest BCUT2D eigenvalue weighted by atomic mass is 10.1. The summed E-state index contributed by atoms with van der Waals surface area (Å²) in [6, 6.07) is 6.56. The van der Waals surface area contributed by atoms with E-state index < -0.39 is 4.92 Å². The van der Waals surface area contributed by atoms with Gasteiger partial charge in [0.05, 0.1) is 16.5 Å². The first-order valence-electron chi connectivity index (χ1n) is 7.65. The topological polar surface area (TPSA) is 105 Å². The normalized spacial score (nSPS) is 17.0. The first kappa shape index (κ1) is 16.9. The number of aromatic nitrogens is 2. The monoisotopic (exact) mass is 359 g/mol. The van der Waals surface area contributed by atoms with Gasteiger partial charge < -0.3 is 9.64 Å². The minimum absolute atomic E-state index is 0.00240. The number of rotatable bonds is 4. The molecule has 0 saturated carbocycles. The molecule has 1 saturated heterocycles. The highest BCUT2D eigenvalue weighted by molar-refractivity contribution is 6.30. The van der Waals surface area contributed by atoms with Gasteiger partial charge in [-0.05, 0) is 25.0 Å². The van der Waals surface area contributed by atoms with Crippen molar-refractivity contribution in [1.82, 2.24) is 9.97 Å². The molecular formula is C16H14ClN5O3. The quantitative estimate of drug-likeness (QED) is 0.610. The van der Waals surface area contributed by atoms with Crippen molar-refractivity contribution in [3.8, 4) is 11.9 Å². The van der Waals surface area contributed by atoms with Crippen molar-refractivity contribution in [2.24, 2.45) is 0 Å². The highest BCUT2D eigenvalue weighted by Crippen LogP contribution is 2.31. The summed E-state index contributed by atoms with van der Waals surface area (Å²) in [5, 5.41) is 21.0. The van der Waals surface area contributed by atoms with E-state index in [1.165, 1.54) is 18.5 Å². The van der Waals surface area contributed by atoms with Crippen molar-refractivity contribution in [1.29, 1.82) is 5.26 Å². The largest absolute Gasteiger partial charge is 0.472 e. The highest BCUT2D eigenvalue weighted by atomic mass is 35.5. The number of halogens is 1. The molecule has 0 N–H and O–H groups in total. The Labute approximate surface area is 148 Å². The Morgan fingerprint density at radius 3 is 2.92 bits per heavy atom. The summed E-state index contributed by atoms with van der Waals surface area (Å²) in [6.45, 7) is 1.03. The predicted molar refractivity (Wildman–Crippen MR) is 90.7 cm³/mol. The van der Waals surface area contributed by atoms with Gasteiger partial charge in [-0.2, -0.15) is 5.26 Å². The van der Waals surface area contributed by atoms with Crippen molar-refractivity contribution in [2.45, 2.75) is 18.9 Å². The van der Waals surface area contributed by atoms with Crippen LogP contribution in [0.5, 0.6) is 5.88 Å². The molecule has 0 bridgehead atoms. The van der Waals surface area contributed by atoms with Crippen LogP contribution < -0.4 is 9.64 Å². The molecule has 128 valence electrons. The molecule has 0 spiro atoms. The molecule has 1 aliphatic rings. The summed E-state index contributed by atoms with van der Waals surface area (Å²) in [6.07, 6.45) is 4.31. The number of anilines is 1. The maximum Gasteiger partial charge on any atom is 0.329 e. The zero-order chi connectivity index (χ0) is 17.8. The first-order chi connectivity index (χ1) is 12.1. The second-order valence-electron chi connectivity index (χ2n) is 5.54. The molecule has 1 unspecified atom stereocenters. The van der Waals surface area contributed by atoms with Crippen LogP contribution in [0, 0.1) is 21.4 Å². The molecule has 3 rings (SSSR count). The van der Waals surface area contributed by atoms with Crippen molar-refractivity contribution in [3.05, 3.63) is 51.3 Å². The van der Waals surface area contributed by atoms with Crippen LogP contribution in [0.25, 0.3) is 0 Å². The molecule has 0 radical (unpaired) electrons. The van der Waals surface area contributed by atoms with E-state index in [0.717, 1.165) is 12.8 Å². The molecule has 9 heteroatoms. The van der Waals surface area contributed by atoms with Crippen molar-refractivity contribution in [2.75, 3.05) is 18.0 Å². The Kier molecular flexibility index (Phi) is 4.95. The van der Waals surface area contributed by atoms with E-state index in [-0.39, 0.29) is 23.2 Å². The second kappa shape index (κ2) is 7.32. The molecule has 3 heterocycles. The van der Waals surface area contributed by atoms with Gasteiger partial charge in [0.25, 0.3) is 0 Å². The fourth-order valence-electron chi connectivity index (χ4n) is 2.77. The number of ether oxygens (including phenoxy) is 1. The SMILES string of the molecule is N#Cc1ccnc(N2CCCC(Oc3ccc(Cl)cn3)C2)c1[N+](=O)[O-]. The van der Waals surface area contributed by atoms with Gasteiger partial charge in [0.15, 0.2) is 0 Å². The van der Waals surface area contributed by atoms with Gasteiger partial charge >= 0.3 is 5.69 Å². The van der Waals surface area contributed by atoms with Gasteiger partial charge in [0.2, 0.25) is 11.7 Å². The molecule has 2 aromatic heterocycles. The fraction of sp³-hybridized carbons (Fsp3) is 0.312. The number of hydrogen-bond acceptors (Lipinski definition) is 7. The summed E-state index contributed by atoms with van der Waals surface area (Å²) in [4.78, 5) is 20.8. The molecule has 8 nitrogen and oxygen atoms in total. The standard InChI is InChI=1S/C16H14ClN5O3/c17-12-3-4-14(20-9-12)25-13-2-1-7-21(10-13)16-15(22(23)24)11(8-18)5-6-19-16/h3-6,9,13H,1-2,7,10H2. The van der Waals surface area contributed by atoms with Crippen LogP contribution in [0.4, 0.5) is 11.5 Å². The third kappa shape index (κ3) is 3.78. The van der Waals surface area contributed by atoms with Crippen LogP contribution in [0.2, 0.25) is 5.02 Å². The third-order valence-corrected chi connectivity index (χ3v) is 4.10. The van der Waals surface area contributed by atoms with Crippen LogP contribution in [-0.2, 0) is 0 Å². The molecule has 1 fully saturated rings. The Hall–Kier alpha value is -2.92. The minimum atomic E-state index is -0.563. The lowest BCUT2D eigenvalue weighted by Crippen LogP contribution is -2.42. The molecule has 0 amide bonds. The molecule has 2 aromatic rings. The van der Waals surface area contributed by atoms with Gasteiger partial charge in [-0.3, -0.25) is 10.1 Å². The maximum atomic E-state index is 11.4. The summed E-state index contributed by atoms with van der Waals surface area (Å²) in [5.74, 6) is 0.644. The smallest absolute Gasteiger partial charge is 0.329 e. The van der Waals surface area contributed by atoms with Gasteiger partial charge in [0, 0.05) is 25.0 Å². The van der Waals surface area contributed by atoms with E-state index in [9.17, 15) is 10.1 Å². The van der Waals surface area contributed by atoms with Gasteiger partial charge in [-0.25, -0.2) is 9.97 Å². The molecule has 0 aliphatic carbocycles. The lowest BCUT2D eigenvalue weighted by molar-refractivity contribution is -0.384. The summed E-state index contributed by atoms with van der Waals surface area (Å²) < 4.78 is 5.84. The molecule has 1 atom stereocenters. The van der Waals surface area contributed by atoms with Crippen LogP contribution in [0.1, 0.15) is 18.4 Å². The van der Waals surface area contributed by atoms with E-state index in [2.05, 4.69) is 9.97 Å². The third-order valence-electron chi connectivity index (χ3n) is 3.87. The minimum Gasteiger partial charge on any atom is -0.472 e. The highest BCUT2D eigenvalue weighted by Gasteiger charge is 2.30. The zero-order valence-electron chi connectivity index (χ0n) is 13.1. The second-order valence-corrected chi connectivity index (χ2v) is 5.98. The summed E-state index contributed by atoms with van der Waals surface area (Å²) in [5.41, 5.74) is -0.271. The summed E-state index contributed by atoms with van der Waals surface area (Å²) >= 11 is 5.81. The number of nitriles is 1. The summed E-state index contributed by atoms with van der Waals surface area (Å²) in [7, 11) is 0. The van der Waals surface area contributed by atoms with Crippen LogP contribution >= 0.6 is 11.6 Å². The molecular weight excluding hydrogens is 346 g/mol. The van der Waals surface area contributed by atoms with E-state index in [0.29, 0.717) is 24.0 Å². The van der Waals surface area contributed by atoms with Crippen LogP contribution in [-0.4, -0.2) is 34.1 Å². The molecule has 25 heavy (non-hydrogen) atoms.